The first-order chi connectivity index (χ1) is 8.43. The van der Waals surface area contributed by atoms with E-state index in [1.807, 2.05) is 6.92 Å². The van der Waals surface area contributed by atoms with Gasteiger partial charge in [0.1, 0.15) is 0 Å². The van der Waals surface area contributed by atoms with E-state index >= 15 is 0 Å². The fourth-order valence-corrected chi connectivity index (χ4v) is 4.66. The summed E-state index contributed by atoms with van der Waals surface area (Å²) in [5.74, 6) is 0.191. The molecule has 0 saturated carbocycles. The Morgan fingerprint density at radius 1 is 1.37 bits per heavy atom. The highest BCUT2D eigenvalue weighted by Crippen LogP contribution is 2.27. The summed E-state index contributed by atoms with van der Waals surface area (Å²) >= 11 is 3.30. The Kier molecular flexibility index (Phi) is 5.82. The first-order valence-electron chi connectivity index (χ1n) is 5.93. The third kappa shape index (κ3) is 3.49. The highest BCUT2D eigenvalue weighted by molar-refractivity contribution is 9.10. The predicted molar refractivity (Wildman–Crippen MR) is 81.9 cm³/mol. The maximum atomic E-state index is 12.5. The van der Waals surface area contributed by atoms with Crippen molar-refractivity contribution in [2.24, 2.45) is 11.7 Å². The lowest BCUT2D eigenvalue weighted by Crippen LogP contribution is -2.48. The van der Waals surface area contributed by atoms with Crippen LogP contribution in [0.1, 0.15) is 13.3 Å². The second kappa shape index (κ2) is 6.54. The van der Waals surface area contributed by atoms with Gasteiger partial charge in [0, 0.05) is 23.6 Å². The van der Waals surface area contributed by atoms with Crippen LogP contribution in [-0.4, -0.2) is 31.9 Å². The monoisotopic (exact) mass is 368 g/mol. The summed E-state index contributed by atoms with van der Waals surface area (Å²) < 4.78 is 27.2. The molecule has 1 aliphatic rings. The molecule has 2 atom stereocenters. The largest absolute Gasteiger partial charge is 0.327 e. The van der Waals surface area contributed by atoms with Gasteiger partial charge in [-0.2, -0.15) is 4.31 Å². The van der Waals surface area contributed by atoms with Crippen molar-refractivity contribution in [3.05, 3.63) is 28.7 Å². The summed E-state index contributed by atoms with van der Waals surface area (Å²) in [6.45, 7) is 2.98. The van der Waals surface area contributed by atoms with Crippen LogP contribution in [0.15, 0.2) is 33.6 Å². The molecule has 1 aromatic carbocycles. The van der Waals surface area contributed by atoms with Gasteiger partial charge < -0.3 is 5.73 Å². The lowest BCUT2D eigenvalue weighted by molar-refractivity contribution is 0.250. The molecule has 0 bridgehead atoms. The van der Waals surface area contributed by atoms with E-state index in [0.29, 0.717) is 28.9 Å². The van der Waals surface area contributed by atoms with Gasteiger partial charge >= 0.3 is 0 Å². The number of benzene rings is 1. The lowest BCUT2D eigenvalue weighted by atomic mass is 9.96. The molecule has 1 saturated heterocycles. The highest BCUT2D eigenvalue weighted by Gasteiger charge is 2.32. The van der Waals surface area contributed by atoms with Crippen molar-refractivity contribution in [3.63, 3.8) is 0 Å². The fraction of sp³-hybridized carbons (Fsp3) is 0.500. The number of hydrogen-bond acceptors (Lipinski definition) is 3. The van der Waals surface area contributed by atoms with Crippen LogP contribution in [0.5, 0.6) is 0 Å². The summed E-state index contributed by atoms with van der Waals surface area (Å²) in [6, 6.07) is 7.00. The van der Waals surface area contributed by atoms with E-state index in [0.717, 1.165) is 0 Å². The molecular formula is C12H18BrClN2O2S. The van der Waals surface area contributed by atoms with Crippen LogP contribution in [-0.2, 0) is 10.0 Å². The van der Waals surface area contributed by atoms with Crippen LogP contribution in [0.25, 0.3) is 0 Å². The Labute approximate surface area is 128 Å². The van der Waals surface area contributed by atoms with Gasteiger partial charge in [0.15, 0.2) is 0 Å². The van der Waals surface area contributed by atoms with Crippen molar-refractivity contribution < 1.29 is 8.42 Å². The van der Waals surface area contributed by atoms with Crippen LogP contribution in [0.4, 0.5) is 0 Å². The summed E-state index contributed by atoms with van der Waals surface area (Å²) in [5, 5.41) is 0. The lowest BCUT2D eigenvalue weighted by Gasteiger charge is -2.34. The zero-order valence-electron chi connectivity index (χ0n) is 10.6. The molecule has 0 amide bonds. The third-order valence-corrected chi connectivity index (χ3v) is 6.27. The third-order valence-electron chi connectivity index (χ3n) is 3.39. The Hall–Kier alpha value is -0.140. The van der Waals surface area contributed by atoms with Gasteiger partial charge in [0.2, 0.25) is 10.0 Å². The van der Waals surface area contributed by atoms with Crippen LogP contribution >= 0.6 is 28.3 Å². The van der Waals surface area contributed by atoms with Crippen LogP contribution < -0.4 is 5.73 Å². The second-order valence-electron chi connectivity index (χ2n) is 4.72. The molecule has 0 radical (unpaired) electrons. The van der Waals surface area contributed by atoms with Crippen LogP contribution in [0, 0.1) is 5.92 Å². The van der Waals surface area contributed by atoms with Crippen molar-refractivity contribution in [2.75, 3.05) is 13.1 Å². The van der Waals surface area contributed by atoms with E-state index in [2.05, 4.69) is 15.9 Å². The average Bonchev–Trinajstić information content (AvgIpc) is 2.33. The van der Waals surface area contributed by atoms with E-state index < -0.39 is 10.0 Å². The molecule has 108 valence electrons. The summed E-state index contributed by atoms with van der Waals surface area (Å²) in [5.41, 5.74) is 5.92. The molecule has 2 unspecified atom stereocenters. The van der Waals surface area contributed by atoms with E-state index in [1.165, 1.54) is 4.31 Å². The molecule has 1 aromatic rings. The second-order valence-corrected chi connectivity index (χ2v) is 7.48. The molecular weight excluding hydrogens is 352 g/mol. The molecule has 0 aliphatic carbocycles. The average molecular weight is 370 g/mol. The number of hydrogen-bond donors (Lipinski definition) is 1. The number of nitrogens with zero attached hydrogens (tertiary/aromatic N) is 1. The quantitative estimate of drug-likeness (QED) is 0.869. The van der Waals surface area contributed by atoms with Gasteiger partial charge in [-0.15, -0.1) is 12.4 Å². The minimum atomic E-state index is -3.42. The maximum Gasteiger partial charge on any atom is 0.244 e. The van der Waals surface area contributed by atoms with Gasteiger partial charge in [-0.3, -0.25) is 0 Å². The molecule has 1 fully saturated rings. The van der Waals surface area contributed by atoms with E-state index in [9.17, 15) is 8.42 Å². The van der Waals surface area contributed by atoms with Crippen LogP contribution in [0.2, 0.25) is 0 Å². The van der Waals surface area contributed by atoms with E-state index in [-0.39, 0.29) is 24.4 Å². The van der Waals surface area contributed by atoms with Crippen molar-refractivity contribution >= 4 is 38.4 Å². The molecule has 19 heavy (non-hydrogen) atoms. The molecule has 4 nitrogen and oxygen atoms in total. The summed E-state index contributed by atoms with van der Waals surface area (Å²) in [6.07, 6.45) is 0.713. The Balaban J connectivity index is 0.00000180. The number of rotatable bonds is 2. The minimum Gasteiger partial charge on any atom is -0.327 e. The van der Waals surface area contributed by atoms with Crippen molar-refractivity contribution in [3.8, 4) is 0 Å². The minimum absolute atomic E-state index is 0. The highest BCUT2D eigenvalue weighted by atomic mass is 79.9. The van der Waals surface area contributed by atoms with Gasteiger partial charge in [0.25, 0.3) is 0 Å². The first kappa shape index (κ1) is 16.9. The maximum absolute atomic E-state index is 12.5. The van der Waals surface area contributed by atoms with Gasteiger partial charge in [-0.1, -0.05) is 19.1 Å². The summed E-state index contributed by atoms with van der Waals surface area (Å²) in [4.78, 5) is 0.327. The standard InChI is InChI=1S/C12H17BrN2O2S.ClH/c1-9-8-15(7-6-11(9)14)18(16,17)12-5-3-2-4-10(12)13;/h2-5,9,11H,6-8,14H2,1H3;1H. The Morgan fingerprint density at radius 2 is 2.00 bits per heavy atom. The normalized spacial score (nSPS) is 24.8. The molecule has 7 heteroatoms. The van der Waals surface area contributed by atoms with Crippen molar-refractivity contribution in [2.45, 2.75) is 24.3 Å². The SMILES string of the molecule is CC1CN(S(=O)(=O)c2ccccc2Br)CCC1N.Cl. The molecule has 0 aromatic heterocycles. The number of piperidine rings is 1. The van der Waals surface area contributed by atoms with Crippen molar-refractivity contribution in [1.29, 1.82) is 0 Å². The number of nitrogens with two attached hydrogens (primary N) is 1. The van der Waals surface area contributed by atoms with Gasteiger partial charge in [0.05, 0.1) is 4.90 Å². The topological polar surface area (TPSA) is 63.4 Å². The summed E-state index contributed by atoms with van der Waals surface area (Å²) in [7, 11) is -3.42. The first-order valence-corrected chi connectivity index (χ1v) is 8.16. The Morgan fingerprint density at radius 3 is 2.58 bits per heavy atom. The van der Waals surface area contributed by atoms with Crippen molar-refractivity contribution in [1.82, 2.24) is 4.31 Å². The van der Waals surface area contributed by atoms with Gasteiger partial charge in [-0.05, 0) is 40.4 Å². The molecule has 1 heterocycles. The van der Waals surface area contributed by atoms with Crippen LogP contribution in [0.3, 0.4) is 0 Å². The molecule has 2 N–H and O–H groups in total. The fourth-order valence-electron chi connectivity index (χ4n) is 2.14. The molecule has 2 rings (SSSR count). The zero-order valence-corrected chi connectivity index (χ0v) is 13.8. The predicted octanol–water partition coefficient (Wildman–Crippen LogP) is 2.23. The number of sulfonamides is 1. The zero-order chi connectivity index (χ0) is 13.3. The Bertz CT molecular complexity index is 538. The van der Waals surface area contributed by atoms with E-state index in [1.54, 1.807) is 24.3 Å². The van der Waals surface area contributed by atoms with Gasteiger partial charge in [-0.25, -0.2) is 8.42 Å². The molecule has 0 spiro atoms. The number of halogens is 2. The molecule has 1 aliphatic heterocycles. The smallest absolute Gasteiger partial charge is 0.244 e. The van der Waals surface area contributed by atoms with E-state index in [4.69, 9.17) is 5.73 Å².